The number of carbonyl (C=O) groups is 5. The molecule has 0 saturated heterocycles. The van der Waals surface area contributed by atoms with E-state index in [1.807, 2.05) is 32.0 Å². The summed E-state index contributed by atoms with van der Waals surface area (Å²) in [5, 5.41) is 26.1. The number of benzene rings is 2. The van der Waals surface area contributed by atoms with E-state index >= 15 is 0 Å². The van der Waals surface area contributed by atoms with Crippen LogP contribution in [-0.2, 0) is 32.1 Å². The van der Waals surface area contributed by atoms with Gasteiger partial charge in [0.15, 0.2) is 34.7 Å². The molecule has 3 aliphatic rings. The minimum atomic E-state index is -2.72. The van der Waals surface area contributed by atoms with E-state index in [9.17, 15) is 34.2 Å². The molecule has 2 aromatic carbocycles. The van der Waals surface area contributed by atoms with E-state index in [1.165, 1.54) is 6.07 Å². The highest BCUT2D eigenvalue weighted by Gasteiger charge is 2.69. The van der Waals surface area contributed by atoms with Crippen molar-refractivity contribution in [1.29, 1.82) is 0 Å². The Morgan fingerprint density at radius 1 is 1.07 bits per heavy atom. The lowest BCUT2D eigenvalue weighted by atomic mass is 9.49. The van der Waals surface area contributed by atoms with Crippen LogP contribution in [0.4, 0.5) is 0 Å². The monoisotopic (exact) mass is 590 g/mol. The fourth-order valence-corrected chi connectivity index (χ4v) is 7.50. The SMILES string of the molecule is COc1ccc(CNC(C)C)cc1-c1ccc(O)c2c1C[C@H]1C[C@H]3[C@H](C(C)C)C(=O)C(C(N)=O)C(=O)[C@@]3(O)C(=O)C1C2=O. The molecule has 5 N–H and O–H groups in total. The number of phenols is 1. The molecule has 2 fully saturated rings. The standard InChI is InChI=1S/C33H38N2O8/c1-14(2)24-21-12-17-11-20-18(19-10-16(13-35-15(3)4)6-9-23(19)43-5)7-8-22(36)26(20)29(38)25(17)30(39)33(21,42)31(40)27(28(24)37)32(34)41/h6-10,14-15,17,21,24-25,27,35-36,42H,11-13H2,1-5H3,(H2,34,41)/t17-,21-,24-,25?,27?,33-/m0/s1. The normalized spacial score (nSPS) is 28.5. The number of nitrogens with two attached hydrogens (primary N) is 1. The van der Waals surface area contributed by atoms with Gasteiger partial charge in [0.05, 0.1) is 18.6 Å². The largest absolute Gasteiger partial charge is 0.507 e. The van der Waals surface area contributed by atoms with Crippen molar-refractivity contribution in [2.45, 2.75) is 58.7 Å². The fraction of sp³-hybridized carbons (Fsp3) is 0.485. The van der Waals surface area contributed by atoms with Gasteiger partial charge in [-0.25, -0.2) is 0 Å². The maximum atomic E-state index is 14.1. The molecular weight excluding hydrogens is 552 g/mol. The van der Waals surface area contributed by atoms with Crippen molar-refractivity contribution >= 4 is 29.0 Å². The van der Waals surface area contributed by atoms with Crippen molar-refractivity contribution in [2.24, 2.45) is 41.2 Å². The highest BCUT2D eigenvalue weighted by Crippen LogP contribution is 2.54. The average molecular weight is 591 g/mol. The number of rotatable bonds is 7. The zero-order valence-corrected chi connectivity index (χ0v) is 25.0. The summed E-state index contributed by atoms with van der Waals surface area (Å²) in [6, 6.07) is 9.09. The first kappa shape index (κ1) is 30.6. The van der Waals surface area contributed by atoms with Gasteiger partial charge in [-0.05, 0) is 59.6 Å². The Morgan fingerprint density at radius 2 is 1.77 bits per heavy atom. The number of phenolic OH excluding ortho intramolecular Hbond substituents is 1. The molecule has 0 aliphatic heterocycles. The van der Waals surface area contributed by atoms with Gasteiger partial charge in [-0.2, -0.15) is 0 Å². The maximum Gasteiger partial charge on any atom is 0.235 e. The molecule has 2 unspecified atom stereocenters. The predicted octanol–water partition coefficient (Wildman–Crippen LogP) is 2.38. The molecule has 0 spiro atoms. The fourth-order valence-electron chi connectivity index (χ4n) is 7.50. The molecule has 0 bridgehead atoms. The minimum Gasteiger partial charge on any atom is -0.507 e. The number of aromatic hydroxyl groups is 1. The van der Waals surface area contributed by atoms with Gasteiger partial charge < -0.3 is 26.0 Å². The van der Waals surface area contributed by atoms with Crippen molar-refractivity contribution in [1.82, 2.24) is 5.32 Å². The lowest BCUT2D eigenvalue weighted by Crippen LogP contribution is -2.71. The summed E-state index contributed by atoms with van der Waals surface area (Å²) in [6.07, 6.45) is 0.201. The third-order valence-corrected chi connectivity index (χ3v) is 9.46. The van der Waals surface area contributed by atoms with Gasteiger partial charge >= 0.3 is 0 Å². The molecule has 228 valence electrons. The molecule has 0 radical (unpaired) electrons. The van der Waals surface area contributed by atoms with E-state index in [2.05, 4.69) is 5.32 Å². The topological polar surface area (TPSA) is 173 Å². The summed E-state index contributed by atoms with van der Waals surface area (Å²) < 4.78 is 5.66. The van der Waals surface area contributed by atoms with Gasteiger partial charge in [0.1, 0.15) is 11.5 Å². The van der Waals surface area contributed by atoms with Crippen LogP contribution in [0.3, 0.4) is 0 Å². The van der Waals surface area contributed by atoms with Gasteiger partial charge in [-0.15, -0.1) is 0 Å². The van der Waals surface area contributed by atoms with Crippen LogP contribution in [0.1, 0.15) is 55.6 Å². The lowest BCUT2D eigenvalue weighted by Gasteiger charge is -2.52. The number of ether oxygens (including phenoxy) is 1. The molecule has 1 amide bonds. The molecule has 6 atom stereocenters. The summed E-state index contributed by atoms with van der Waals surface area (Å²) in [4.78, 5) is 67.2. The molecule has 0 aromatic heterocycles. The number of carbonyl (C=O) groups excluding carboxylic acids is 5. The van der Waals surface area contributed by atoms with E-state index in [4.69, 9.17) is 10.5 Å². The van der Waals surface area contributed by atoms with Crippen molar-refractivity contribution in [3.8, 4) is 22.6 Å². The van der Waals surface area contributed by atoms with Gasteiger partial charge in [0.25, 0.3) is 0 Å². The number of fused-ring (bicyclic) bond motifs is 3. The number of hydrogen-bond acceptors (Lipinski definition) is 9. The molecule has 5 rings (SSSR count). The van der Waals surface area contributed by atoms with Gasteiger partial charge in [-0.3, -0.25) is 24.0 Å². The molecule has 2 aromatic rings. The van der Waals surface area contributed by atoms with Gasteiger partial charge in [-0.1, -0.05) is 39.8 Å². The second-order valence-corrected chi connectivity index (χ2v) is 12.7. The average Bonchev–Trinajstić information content (AvgIpc) is 2.93. The number of methoxy groups -OCH3 is 1. The molecule has 2 saturated carbocycles. The van der Waals surface area contributed by atoms with Crippen molar-refractivity contribution < 1.29 is 38.9 Å². The summed E-state index contributed by atoms with van der Waals surface area (Å²) in [7, 11) is 1.54. The first-order chi connectivity index (χ1) is 20.2. The van der Waals surface area contributed by atoms with E-state index in [1.54, 1.807) is 27.0 Å². The molecule has 10 heteroatoms. The van der Waals surface area contributed by atoms with Gasteiger partial charge in [0.2, 0.25) is 5.91 Å². The maximum absolute atomic E-state index is 14.1. The molecule has 43 heavy (non-hydrogen) atoms. The molecule has 0 heterocycles. The molecular formula is C33H38N2O8. The second-order valence-electron chi connectivity index (χ2n) is 12.7. The van der Waals surface area contributed by atoms with Crippen LogP contribution >= 0.6 is 0 Å². The van der Waals surface area contributed by atoms with E-state index in [0.717, 1.165) is 5.56 Å². The van der Waals surface area contributed by atoms with E-state index in [0.29, 0.717) is 29.0 Å². The van der Waals surface area contributed by atoms with Crippen LogP contribution < -0.4 is 15.8 Å². The number of hydrogen-bond donors (Lipinski definition) is 4. The lowest BCUT2D eigenvalue weighted by molar-refractivity contribution is -0.182. The van der Waals surface area contributed by atoms with Crippen LogP contribution in [0, 0.1) is 35.5 Å². The Kier molecular flexibility index (Phi) is 7.81. The summed E-state index contributed by atoms with van der Waals surface area (Å²) in [5.74, 6) is -11.3. The van der Waals surface area contributed by atoms with Crippen LogP contribution in [0.25, 0.3) is 11.1 Å². The number of amides is 1. The summed E-state index contributed by atoms with van der Waals surface area (Å²) in [5.41, 5.74) is 5.51. The predicted molar refractivity (Wildman–Crippen MR) is 156 cm³/mol. The Hall–Kier alpha value is -3.89. The van der Waals surface area contributed by atoms with Crippen molar-refractivity contribution in [2.75, 3.05) is 7.11 Å². The first-order valence-corrected chi connectivity index (χ1v) is 14.7. The smallest absolute Gasteiger partial charge is 0.235 e. The van der Waals surface area contributed by atoms with Crippen LogP contribution in [-0.4, -0.2) is 58.0 Å². The van der Waals surface area contributed by atoms with Crippen molar-refractivity contribution in [3.05, 3.63) is 47.0 Å². The quantitative estimate of drug-likeness (QED) is 0.353. The van der Waals surface area contributed by atoms with Crippen LogP contribution in [0.2, 0.25) is 0 Å². The van der Waals surface area contributed by atoms with Crippen LogP contribution in [0.5, 0.6) is 11.5 Å². The number of ketones is 4. The Balaban J connectivity index is 1.64. The second kappa shape index (κ2) is 11.0. The number of Topliss-reactive ketones (excluding diaryl/α,β-unsaturated/α-hetero) is 4. The first-order valence-electron chi connectivity index (χ1n) is 14.7. The third kappa shape index (κ3) is 4.67. The Bertz CT molecular complexity index is 1550. The highest BCUT2D eigenvalue weighted by molar-refractivity contribution is 6.32. The molecule has 3 aliphatic carbocycles. The van der Waals surface area contributed by atoms with Crippen LogP contribution in [0.15, 0.2) is 30.3 Å². The Morgan fingerprint density at radius 3 is 2.37 bits per heavy atom. The number of aliphatic hydroxyl groups is 1. The van der Waals surface area contributed by atoms with E-state index in [-0.39, 0.29) is 30.2 Å². The number of nitrogens with one attached hydrogen (secondary N) is 1. The summed E-state index contributed by atoms with van der Waals surface area (Å²) in [6.45, 7) is 8.12. The number of primary amides is 1. The molecule has 10 nitrogen and oxygen atoms in total. The third-order valence-electron chi connectivity index (χ3n) is 9.46. The minimum absolute atomic E-state index is 0.0223. The van der Waals surface area contributed by atoms with Gasteiger partial charge in [0, 0.05) is 30.0 Å². The highest BCUT2D eigenvalue weighted by atomic mass is 16.5. The van der Waals surface area contributed by atoms with Crippen molar-refractivity contribution in [3.63, 3.8) is 0 Å². The Labute approximate surface area is 250 Å². The zero-order valence-electron chi connectivity index (χ0n) is 25.0. The zero-order chi connectivity index (χ0) is 31.5. The van der Waals surface area contributed by atoms with E-state index < -0.39 is 70.1 Å². The summed E-state index contributed by atoms with van der Waals surface area (Å²) >= 11 is 0.